The Morgan fingerprint density at radius 3 is 2.00 bits per heavy atom. The number of hydrogen-bond acceptors (Lipinski definition) is 7. The summed E-state index contributed by atoms with van der Waals surface area (Å²) in [6, 6.07) is 22.8. The molecule has 0 saturated carbocycles. The normalized spacial score (nSPS) is 11.8. The maximum atomic E-state index is 13.3. The molecule has 0 saturated heterocycles. The minimum atomic E-state index is -1.19. The number of carboxylic acid groups (broad SMARTS) is 1. The minimum absolute atomic E-state index is 0.0703. The third-order valence-electron chi connectivity index (χ3n) is 8.79. The van der Waals surface area contributed by atoms with E-state index in [1.165, 1.54) is 25.7 Å². The third kappa shape index (κ3) is 12.4. The number of benzene rings is 3. The maximum absolute atomic E-state index is 13.3. The molecule has 4 aromatic rings. The molecule has 274 valence electrons. The van der Waals surface area contributed by atoms with Crippen LogP contribution in [-0.4, -0.2) is 58.3 Å². The number of carboxylic acids is 1. The second-order valence-electron chi connectivity index (χ2n) is 14.0. The van der Waals surface area contributed by atoms with E-state index in [-0.39, 0.29) is 24.0 Å². The molecule has 0 fully saturated rings. The van der Waals surface area contributed by atoms with Gasteiger partial charge in [0, 0.05) is 41.4 Å². The Morgan fingerprint density at radius 1 is 0.750 bits per heavy atom. The largest absolute Gasteiger partial charge is 0.494 e. The second kappa shape index (κ2) is 19.3. The molecule has 1 aromatic heterocycles. The molecule has 0 bridgehead atoms. The minimum Gasteiger partial charge on any atom is -0.494 e. The SMILES string of the molecule is CCCCCCCOc1ccc(-c2cnc(-c3ccc(C[C@H](CC(=O)c4ccc(C(C)(C)C)cc4)C(=O)NCC(=O)NCC(=O)O)cc3)nc2)cc1. The summed E-state index contributed by atoms with van der Waals surface area (Å²) in [4.78, 5) is 58.7. The summed E-state index contributed by atoms with van der Waals surface area (Å²) in [7, 11) is 0. The zero-order valence-corrected chi connectivity index (χ0v) is 30.6. The monoisotopic (exact) mass is 706 g/mol. The van der Waals surface area contributed by atoms with E-state index in [1.807, 2.05) is 60.7 Å². The topological polar surface area (TPSA) is 148 Å². The van der Waals surface area contributed by atoms with E-state index in [4.69, 9.17) is 9.84 Å². The van der Waals surface area contributed by atoms with Crippen molar-refractivity contribution in [3.05, 3.63) is 102 Å². The van der Waals surface area contributed by atoms with Gasteiger partial charge in [0.2, 0.25) is 11.8 Å². The van der Waals surface area contributed by atoms with Gasteiger partial charge in [-0.25, -0.2) is 9.97 Å². The van der Waals surface area contributed by atoms with Crippen molar-refractivity contribution < 1.29 is 29.0 Å². The van der Waals surface area contributed by atoms with Crippen LogP contribution in [-0.2, 0) is 26.2 Å². The van der Waals surface area contributed by atoms with Crippen LogP contribution in [0.5, 0.6) is 5.75 Å². The quantitative estimate of drug-likeness (QED) is 0.0685. The summed E-state index contributed by atoms with van der Waals surface area (Å²) in [6.45, 7) is 8.25. The average molecular weight is 707 g/mol. The van der Waals surface area contributed by atoms with Crippen LogP contribution in [0.1, 0.15) is 87.7 Å². The van der Waals surface area contributed by atoms with Gasteiger partial charge in [0.05, 0.1) is 13.2 Å². The lowest BCUT2D eigenvalue weighted by molar-refractivity contribution is -0.137. The van der Waals surface area contributed by atoms with E-state index in [0.29, 0.717) is 18.0 Å². The van der Waals surface area contributed by atoms with Gasteiger partial charge < -0.3 is 20.5 Å². The lowest BCUT2D eigenvalue weighted by Gasteiger charge is -2.19. The van der Waals surface area contributed by atoms with Crippen molar-refractivity contribution in [2.45, 2.75) is 78.1 Å². The number of carbonyl (C=O) groups excluding carboxylic acids is 3. The molecule has 0 unspecified atom stereocenters. The Hall–Kier alpha value is -5.38. The van der Waals surface area contributed by atoms with Crippen molar-refractivity contribution in [3.63, 3.8) is 0 Å². The standard InChI is InChI=1S/C42H50N4O6/c1-5-6-7-8-9-22-52-36-20-16-30(17-21-36)34-25-44-40(45-26-34)32-12-10-29(11-13-32)23-33(41(51)46-27-38(48)43-28-39(49)50)24-37(47)31-14-18-35(19-15-31)42(2,3)4/h10-21,25-26,33H,5-9,22-24,27-28H2,1-4H3,(H,43,48)(H,46,51)(H,49,50)/t33-/m1/s1. The highest BCUT2D eigenvalue weighted by atomic mass is 16.5. The number of nitrogens with one attached hydrogen (secondary N) is 2. The molecule has 0 spiro atoms. The molecular formula is C42H50N4O6. The molecule has 0 aliphatic carbocycles. The molecule has 0 aliphatic heterocycles. The van der Waals surface area contributed by atoms with Crippen LogP contribution in [0.3, 0.4) is 0 Å². The fourth-order valence-electron chi connectivity index (χ4n) is 5.64. The number of amides is 2. The molecule has 1 heterocycles. The highest BCUT2D eigenvalue weighted by molar-refractivity contribution is 5.99. The summed E-state index contributed by atoms with van der Waals surface area (Å²) in [5.41, 5.74) is 5.00. The number of nitrogens with zero attached hydrogens (tertiary/aromatic N) is 2. The molecule has 10 nitrogen and oxygen atoms in total. The van der Waals surface area contributed by atoms with Gasteiger partial charge >= 0.3 is 5.97 Å². The van der Waals surface area contributed by atoms with Crippen LogP contribution in [0.15, 0.2) is 85.2 Å². The van der Waals surface area contributed by atoms with Crippen molar-refractivity contribution in [2.75, 3.05) is 19.7 Å². The van der Waals surface area contributed by atoms with Crippen molar-refractivity contribution in [3.8, 4) is 28.3 Å². The van der Waals surface area contributed by atoms with Gasteiger partial charge in [0.25, 0.3) is 0 Å². The first kappa shape index (κ1) is 39.4. The molecule has 3 aromatic carbocycles. The van der Waals surface area contributed by atoms with Crippen LogP contribution < -0.4 is 15.4 Å². The smallest absolute Gasteiger partial charge is 0.322 e. The highest BCUT2D eigenvalue weighted by Gasteiger charge is 2.24. The number of aromatic nitrogens is 2. The van der Waals surface area contributed by atoms with Gasteiger partial charge in [0.15, 0.2) is 11.6 Å². The van der Waals surface area contributed by atoms with E-state index in [9.17, 15) is 19.2 Å². The van der Waals surface area contributed by atoms with E-state index in [0.717, 1.165) is 40.0 Å². The lowest BCUT2D eigenvalue weighted by atomic mass is 9.85. The van der Waals surface area contributed by atoms with E-state index < -0.39 is 36.8 Å². The molecule has 1 atom stereocenters. The Bertz CT molecular complexity index is 1760. The van der Waals surface area contributed by atoms with E-state index in [2.05, 4.69) is 48.3 Å². The fourth-order valence-corrected chi connectivity index (χ4v) is 5.64. The molecule has 10 heteroatoms. The molecule has 0 radical (unpaired) electrons. The number of hydrogen-bond donors (Lipinski definition) is 3. The number of Topliss-reactive ketones (excluding diaryl/α,β-unsaturated/α-hetero) is 1. The Morgan fingerprint density at radius 2 is 1.38 bits per heavy atom. The second-order valence-corrected chi connectivity index (χ2v) is 14.0. The fraction of sp³-hybridized carbons (Fsp3) is 0.381. The zero-order chi connectivity index (χ0) is 37.5. The van der Waals surface area contributed by atoms with Gasteiger partial charge in [0.1, 0.15) is 12.3 Å². The van der Waals surface area contributed by atoms with Gasteiger partial charge in [-0.3, -0.25) is 19.2 Å². The predicted molar refractivity (Wildman–Crippen MR) is 202 cm³/mol. The molecule has 0 aliphatic rings. The van der Waals surface area contributed by atoms with Crippen molar-refractivity contribution >= 4 is 23.6 Å². The van der Waals surface area contributed by atoms with Crippen LogP contribution in [0.2, 0.25) is 0 Å². The first-order valence-corrected chi connectivity index (χ1v) is 18.0. The summed E-state index contributed by atoms with van der Waals surface area (Å²) in [6.07, 6.45) is 9.72. The summed E-state index contributed by atoms with van der Waals surface area (Å²) < 4.78 is 5.89. The number of rotatable bonds is 19. The van der Waals surface area contributed by atoms with Crippen molar-refractivity contribution in [2.24, 2.45) is 5.92 Å². The van der Waals surface area contributed by atoms with Crippen LogP contribution >= 0.6 is 0 Å². The number of aliphatic carboxylic acids is 1. The average Bonchev–Trinajstić information content (AvgIpc) is 3.14. The van der Waals surface area contributed by atoms with E-state index in [1.54, 1.807) is 24.5 Å². The summed E-state index contributed by atoms with van der Waals surface area (Å²) in [5.74, 6) is -1.87. The Balaban J connectivity index is 1.40. The van der Waals surface area contributed by atoms with Crippen LogP contribution in [0.4, 0.5) is 0 Å². The highest BCUT2D eigenvalue weighted by Crippen LogP contribution is 2.26. The summed E-state index contributed by atoms with van der Waals surface area (Å²) >= 11 is 0. The van der Waals surface area contributed by atoms with Gasteiger partial charge in [-0.2, -0.15) is 0 Å². The first-order chi connectivity index (χ1) is 24.9. The lowest BCUT2D eigenvalue weighted by Crippen LogP contribution is -2.41. The third-order valence-corrected chi connectivity index (χ3v) is 8.79. The first-order valence-electron chi connectivity index (χ1n) is 18.0. The zero-order valence-electron chi connectivity index (χ0n) is 30.6. The van der Waals surface area contributed by atoms with Crippen molar-refractivity contribution in [1.82, 2.24) is 20.6 Å². The predicted octanol–water partition coefficient (Wildman–Crippen LogP) is 7.21. The number of carbonyl (C=O) groups is 4. The summed E-state index contributed by atoms with van der Waals surface area (Å²) in [5, 5.41) is 13.6. The molecule has 4 rings (SSSR count). The Labute approximate surface area is 306 Å². The van der Waals surface area contributed by atoms with Gasteiger partial charge in [-0.05, 0) is 47.1 Å². The number of ether oxygens (including phenoxy) is 1. The van der Waals surface area contributed by atoms with E-state index >= 15 is 0 Å². The van der Waals surface area contributed by atoms with Crippen LogP contribution in [0, 0.1) is 5.92 Å². The molecule has 3 N–H and O–H groups in total. The molecule has 52 heavy (non-hydrogen) atoms. The van der Waals surface area contributed by atoms with Gasteiger partial charge in [-0.15, -0.1) is 0 Å². The van der Waals surface area contributed by atoms with Crippen LogP contribution in [0.25, 0.3) is 22.5 Å². The number of unbranched alkanes of at least 4 members (excludes halogenated alkanes) is 4. The number of ketones is 1. The van der Waals surface area contributed by atoms with Crippen molar-refractivity contribution in [1.29, 1.82) is 0 Å². The molecule has 2 amide bonds. The Kier molecular flexibility index (Phi) is 14.6. The molecular weight excluding hydrogens is 656 g/mol. The maximum Gasteiger partial charge on any atom is 0.322 e. The van der Waals surface area contributed by atoms with Gasteiger partial charge in [-0.1, -0.05) is 114 Å².